The Bertz CT molecular complexity index is 537. The van der Waals surface area contributed by atoms with Gasteiger partial charge in [-0.1, -0.05) is 17.7 Å². The minimum absolute atomic E-state index is 0.172. The minimum atomic E-state index is -1.25. The van der Waals surface area contributed by atoms with E-state index in [1.54, 1.807) is 6.92 Å². The highest BCUT2D eigenvalue weighted by Crippen LogP contribution is 2.20. The van der Waals surface area contributed by atoms with Gasteiger partial charge in [0.05, 0.1) is 0 Å². The van der Waals surface area contributed by atoms with Gasteiger partial charge in [-0.05, 0) is 46.2 Å². The van der Waals surface area contributed by atoms with Gasteiger partial charge >= 0.3 is 5.97 Å². The largest absolute Gasteiger partial charge is 0.483 e. The number of aryl methyl sites for hydroxylation is 2. The predicted octanol–water partition coefficient (Wildman–Crippen LogP) is 2.39. The maximum atomic E-state index is 12.2. The van der Waals surface area contributed by atoms with Gasteiger partial charge in [0, 0.05) is 6.54 Å². The predicted molar refractivity (Wildman–Crippen MR) is 80.5 cm³/mol. The third-order valence-corrected chi connectivity index (χ3v) is 3.50. The lowest BCUT2D eigenvalue weighted by atomic mass is 10.0. The van der Waals surface area contributed by atoms with Crippen LogP contribution in [0.5, 0.6) is 5.75 Å². The molecule has 0 unspecified atom stereocenters. The maximum absolute atomic E-state index is 12.2. The highest BCUT2D eigenvalue weighted by atomic mass is 16.5. The van der Waals surface area contributed by atoms with E-state index in [1.807, 2.05) is 32.0 Å². The van der Waals surface area contributed by atoms with Crippen LogP contribution in [0.2, 0.25) is 0 Å². The second-order valence-electron chi connectivity index (χ2n) is 5.56. The number of ether oxygens (including phenoxy) is 1. The van der Waals surface area contributed by atoms with E-state index < -0.39 is 11.5 Å². The van der Waals surface area contributed by atoms with Crippen molar-refractivity contribution in [2.45, 2.75) is 40.2 Å². The van der Waals surface area contributed by atoms with E-state index in [4.69, 9.17) is 4.74 Å². The number of likely N-dealkylation sites (N-methyl/N-ethyl adjacent to an activating group) is 1. The van der Waals surface area contributed by atoms with Crippen molar-refractivity contribution in [2.24, 2.45) is 0 Å². The van der Waals surface area contributed by atoms with Gasteiger partial charge in [0.15, 0.2) is 6.61 Å². The van der Waals surface area contributed by atoms with Crippen LogP contribution < -0.4 is 4.74 Å². The first-order valence-corrected chi connectivity index (χ1v) is 6.94. The molecule has 0 spiro atoms. The fourth-order valence-corrected chi connectivity index (χ4v) is 2.18. The molecule has 116 valence electrons. The van der Waals surface area contributed by atoms with Crippen molar-refractivity contribution in [3.8, 4) is 5.75 Å². The molecule has 0 aliphatic carbocycles. The fourth-order valence-electron chi connectivity index (χ4n) is 2.18. The quantitative estimate of drug-likeness (QED) is 0.874. The van der Waals surface area contributed by atoms with Crippen molar-refractivity contribution >= 4 is 11.9 Å². The van der Waals surface area contributed by atoms with Crippen LogP contribution >= 0.6 is 0 Å². The zero-order valence-corrected chi connectivity index (χ0v) is 13.3. The molecule has 0 heterocycles. The SMILES string of the molecule is CCN(C(=O)COc1ccc(C)cc1C)C(C)(C)C(=O)O. The first-order valence-electron chi connectivity index (χ1n) is 6.94. The lowest BCUT2D eigenvalue weighted by Crippen LogP contribution is -2.54. The highest BCUT2D eigenvalue weighted by molar-refractivity contribution is 5.87. The van der Waals surface area contributed by atoms with Crippen molar-refractivity contribution in [2.75, 3.05) is 13.2 Å². The molecule has 21 heavy (non-hydrogen) atoms. The van der Waals surface area contributed by atoms with Crippen LogP contribution in [0.25, 0.3) is 0 Å². The standard InChI is InChI=1S/C16H23NO4/c1-6-17(16(4,5)15(19)20)14(18)10-21-13-8-7-11(2)9-12(13)3/h7-9H,6,10H2,1-5H3,(H,19,20). The number of carboxylic acid groups (broad SMARTS) is 1. The normalized spacial score (nSPS) is 11.1. The molecular weight excluding hydrogens is 270 g/mol. The highest BCUT2D eigenvalue weighted by Gasteiger charge is 2.36. The molecule has 1 N–H and O–H groups in total. The van der Waals surface area contributed by atoms with Crippen LogP contribution in [-0.4, -0.2) is 40.6 Å². The molecule has 0 bridgehead atoms. The Hall–Kier alpha value is -2.04. The summed E-state index contributed by atoms with van der Waals surface area (Å²) in [5, 5.41) is 9.22. The Morgan fingerprint density at radius 2 is 1.90 bits per heavy atom. The number of benzene rings is 1. The van der Waals surface area contributed by atoms with E-state index >= 15 is 0 Å². The van der Waals surface area contributed by atoms with Crippen molar-refractivity contribution in [3.63, 3.8) is 0 Å². The summed E-state index contributed by atoms with van der Waals surface area (Å²) in [4.78, 5) is 24.8. The Labute approximate surface area is 125 Å². The van der Waals surface area contributed by atoms with Crippen LogP contribution in [0.3, 0.4) is 0 Å². The monoisotopic (exact) mass is 293 g/mol. The summed E-state index contributed by atoms with van der Waals surface area (Å²) in [7, 11) is 0. The molecule has 0 aromatic heterocycles. The number of carbonyl (C=O) groups excluding carboxylic acids is 1. The Kier molecular flexibility index (Phi) is 5.35. The number of aliphatic carboxylic acids is 1. The summed E-state index contributed by atoms with van der Waals surface area (Å²) in [5.74, 6) is -0.743. The first-order chi connectivity index (χ1) is 9.70. The summed E-state index contributed by atoms with van der Waals surface area (Å²) in [6.45, 7) is 8.80. The number of rotatable bonds is 6. The van der Waals surface area contributed by atoms with E-state index in [1.165, 1.54) is 18.7 Å². The summed E-state index contributed by atoms with van der Waals surface area (Å²) < 4.78 is 5.53. The fraction of sp³-hybridized carbons (Fsp3) is 0.500. The van der Waals surface area contributed by atoms with Crippen molar-refractivity contribution in [1.29, 1.82) is 0 Å². The first kappa shape index (κ1) is 17.0. The smallest absolute Gasteiger partial charge is 0.329 e. The summed E-state index contributed by atoms with van der Waals surface area (Å²) in [6.07, 6.45) is 0. The molecule has 0 aliphatic rings. The van der Waals surface area contributed by atoms with Gasteiger partial charge in [0.1, 0.15) is 11.3 Å². The van der Waals surface area contributed by atoms with Gasteiger partial charge < -0.3 is 14.7 Å². The number of nitrogens with zero attached hydrogens (tertiary/aromatic N) is 1. The van der Waals surface area contributed by atoms with Gasteiger partial charge in [0.2, 0.25) is 0 Å². The van der Waals surface area contributed by atoms with E-state index in [9.17, 15) is 14.7 Å². The lowest BCUT2D eigenvalue weighted by molar-refractivity contribution is -0.157. The van der Waals surface area contributed by atoms with E-state index in [-0.39, 0.29) is 12.5 Å². The van der Waals surface area contributed by atoms with Crippen LogP contribution in [0, 0.1) is 13.8 Å². The summed E-state index contributed by atoms with van der Waals surface area (Å²) in [5.41, 5.74) is 0.814. The van der Waals surface area contributed by atoms with Crippen LogP contribution in [0.1, 0.15) is 31.9 Å². The third-order valence-electron chi connectivity index (χ3n) is 3.50. The second-order valence-corrected chi connectivity index (χ2v) is 5.56. The number of carbonyl (C=O) groups is 2. The second kappa shape index (κ2) is 6.61. The van der Waals surface area contributed by atoms with E-state index in [0.29, 0.717) is 12.3 Å². The van der Waals surface area contributed by atoms with Gasteiger partial charge in [-0.3, -0.25) is 4.79 Å². The zero-order chi connectivity index (χ0) is 16.2. The van der Waals surface area contributed by atoms with Crippen LogP contribution in [-0.2, 0) is 9.59 Å². The topological polar surface area (TPSA) is 66.8 Å². The molecule has 0 saturated heterocycles. The third kappa shape index (κ3) is 3.97. The summed E-state index contributed by atoms with van der Waals surface area (Å²) in [6, 6.07) is 5.70. The Morgan fingerprint density at radius 3 is 2.38 bits per heavy atom. The molecule has 0 aliphatic heterocycles. The molecule has 1 aromatic rings. The van der Waals surface area contributed by atoms with Gasteiger partial charge in [-0.15, -0.1) is 0 Å². The van der Waals surface area contributed by atoms with Gasteiger partial charge in [-0.25, -0.2) is 4.79 Å². The Morgan fingerprint density at radius 1 is 1.29 bits per heavy atom. The number of amides is 1. The van der Waals surface area contributed by atoms with Crippen molar-refractivity contribution in [3.05, 3.63) is 29.3 Å². The number of hydrogen-bond acceptors (Lipinski definition) is 3. The van der Waals surface area contributed by atoms with Crippen LogP contribution in [0.4, 0.5) is 0 Å². The molecule has 1 aromatic carbocycles. The van der Waals surface area contributed by atoms with Crippen molar-refractivity contribution < 1.29 is 19.4 Å². The molecule has 0 atom stereocenters. The molecule has 0 radical (unpaired) electrons. The van der Waals surface area contributed by atoms with E-state index in [2.05, 4.69) is 0 Å². The average Bonchev–Trinajstić information content (AvgIpc) is 2.38. The minimum Gasteiger partial charge on any atom is -0.483 e. The zero-order valence-electron chi connectivity index (χ0n) is 13.3. The number of carboxylic acids is 1. The molecule has 1 amide bonds. The Balaban J connectivity index is 2.78. The molecule has 5 nitrogen and oxygen atoms in total. The van der Waals surface area contributed by atoms with Crippen molar-refractivity contribution in [1.82, 2.24) is 4.90 Å². The average molecular weight is 293 g/mol. The van der Waals surface area contributed by atoms with Gasteiger partial charge in [0.25, 0.3) is 5.91 Å². The lowest BCUT2D eigenvalue weighted by Gasteiger charge is -2.34. The molecule has 1 rings (SSSR count). The molecule has 0 saturated carbocycles. The van der Waals surface area contributed by atoms with Gasteiger partial charge in [-0.2, -0.15) is 0 Å². The summed E-state index contributed by atoms with van der Waals surface area (Å²) >= 11 is 0. The maximum Gasteiger partial charge on any atom is 0.329 e. The molecule has 0 fully saturated rings. The molecular formula is C16H23NO4. The van der Waals surface area contributed by atoms with Crippen LogP contribution in [0.15, 0.2) is 18.2 Å². The van der Waals surface area contributed by atoms with E-state index in [0.717, 1.165) is 11.1 Å². The number of hydrogen-bond donors (Lipinski definition) is 1. The molecule has 5 heteroatoms.